The molecule has 0 radical (unpaired) electrons. The number of anilines is 2. The molecule has 2 aromatic rings. The largest absolute Gasteiger partial charge is 0.481 e. The Morgan fingerprint density at radius 1 is 1.40 bits per heavy atom. The fourth-order valence-corrected chi connectivity index (χ4v) is 2.61. The van der Waals surface area contributed by atoms with Crippen molar-refractivity contribution < 1.29 is 19.6 Å². The van der Waals surface area contributed by atoms with Gasteiger partial charge < -0.3 is 20.5 Å². The maximum absolute atomic E-state index is 11.4. The van der Waals surface area contributed by atoms with Crippen molar-refractivity contribution in [1.29, 1.82) is 0 Å². The molecule has 130 valence electrons. The van der Waals surface area contributed by atoms with Gasteiger partial charge in [0.25, 0.3) is 11.6 Å². The van der Waals surface area contributed by atoms with Gasteiger partial charge in [0.1, 0.15) is 5.69 Å². The van der Waals surface area contributed by atoms with Crippen molar-refractivity contribution in [2.24, 2.45) is 0 Å². The number of nitrogens with one attached hydrogen (secondary N) is 2. The van der Waals surface area contributed by atoms with Crippen LogP contribution in [0.4, 0.5) is 17.1 Å². The number of nitrogens with zero attached hydrogens (tertiary/aromatic N) is 1. The molecule has 0 aromatic heterocycles. The van der Waals surface area contributed by atoms with Crippen LogP contribution in [0.25, 0.3) is 0 Å². The maximum Gasteiger partial charge on any atom is 0.296 e. The van der Waals surface area contributed by atoms with Crippen molar-refractivity contribution >= 4 is 23.0 Å². The minimum absolute atomic E-state index is 0.0812. The molecule has 1 aliphatic rings. The zero-order valence-corrected chi connectivity index (χ0v) is 13.5. The number of aliphatic hydroxyl groups is 1. The number of nitro benzene ring substituents is 1. The van der Waals surface area contributed by atoms with Crippen molar-refractivity contribution in [1.82, 2.24) is 0 Å². The summed E-state index contributed by atoms with van der Waals surface area (Å²) in [6.07, 6.45) is -0.832. The number of hydrogen-bond acceptors (Lipinski definition) is 6. The highest BCUT2D eigenvalue weighted by molar-refractivity contribution is 5.96. The highest BCUT2D eigenvalue weighted by atomic mass is 16.6. The third kappa shape index (κ3) is 3.69. The first-order valence-electron chi connectivity index (χ1n) is 7.67. The van der Waals surface area contributed by atoms with Crippen LogP contribution in [0.2, 0.25) is 0 Å². The molecule has 25 heavy (non-hydrogen) atoms. The molecule has 0 saturated carbocycles. The lowest BCUT2D eigenvalue weighted by atomic mass is 10.1. The summed E-state index contributed by atoms with van der Waals surface area (Å²) in [5.41, 5.74) is 2.09. The van der Waals surface area contributed by atoms with Gasteiger partial charge in [-0.15, -0.1) is 0 Å². The van der Waals surface area contributed by atoms with E-state index in [4.69, 9.17) is 4.74 Å². The Labute approximate surface area is 143 Å². The summed E-state index contributed by atoms with van der Waals surface area (Å²) in [4.78, 5) is 22.2. The fraction of sp³-hybridized carbons (Fsp3) is 0.235. The summed E-state index contributed by atoms with van der Waals surface area (Å²) in [7, 11) is 0. The molecule has 0 saturated heterocycles. The van der Waals surface area contributed by atoms with E-state index in [0.29, 0.717) is 11.3 Å². The second-order valence-electron chi connectivity index (χ2n) is 5.77. The minimum Gasteiger partial charge on any atom is -0.481 e. The Hall–Kier alpha value is -3.13. The Bertz CT molecular complexity index is 837. The lowest BCUT2D eigenvalue weighted by Gasteiger charge is -2.20. The summed E-state index contributed by atoms with van der Waals surface area (Å²) in [5.74, 6) is -0.0804. The van der Waals surface area contributed by atoms with Gasteiger partial charge in [-0.05, 0) is 18.6 Å². The number of aliphatic hydroxyl groups excluding tert-OH is 1. The highest BCUT2D eigenvalue weighted by Gasteiger charge is 2.24. The molecule has 1 atom stereocenters. The van der Waals surface area contributed by atoms with E-state index in [1.807, 2.05) is 25.1 Å². The number of amides is 1. The van der Waals surface area contributed by atoms with Gasteiger partial charge in [0.2, 0.25) is 0 Å². The van der Waals surface area contributed by atoms with Crippen molar-refractivity contribution in [3.05, 3.63) is 57.6 Å². The van der Waals surface area contributed by atoms with Crippen LogP contribution in [0.1, 0.15) is 17.2 Å². The average Bonchev–Trinajstić information content (AvgIpc) is 2.58. The van der Waals surface area contributed by atoms with Crippen LogP contribution in [0.5, 0.6) is 5.75 Å². The number of hydrogen-bond donors (Lipinski definition) is 3. The van der Waals surface area contributed by atoms with Gasteiger partial charge in [-0.2, -0.15) is 0 Å². The van der Waals surface area contributed by atoms with Crippen LogP contribution >= 0.6 is 0 Å². The molecule has 0 fully saturated rings. The molecule has 1 unspecified atom stereocenters. The molecule has 1 heterocycles. The summed E-state index contributed by atoms with van der Waals surface area (Å²) < 4.78 is 5.20. The highest BCUT2D eigenvalue weighted by Crippen LogP contribution is 2.38. The van der Waals surface area contributed by atoms with E-state index < -0.39 is 11.0 Å². The third-order valence-electron chi connectivity index (χ3n) is 3.84. The number of rotatable bonds is 5. The van der Waals surface area contributed by atoms with Gasteiger partial charge in [-0.25, -0.2) is 0 Å². The van der Waals surface area contributed by atoms with E-state index in [0.717, 1.165) is 5.56 Å². The zero-order chi connectivity index (χ0) is 18.0. The Balaban J connectivity index is 1.82. The summed E-state index contributed by atoms with van der Waals surface area (Å²) in [6, 6.07) is 10.1. The third-order valence-corrected chi connectivity index (χ3v) is 3.84. The van der Waals surface area contributed by atoms with E-state index in [9.17, 15) is 20.0 Å². The number of nitro groups is 1. The zero-order valence-electron chi connectivity index (χ0n) is 13.5. The van der Waals surface area contributed by atoms with Crippen LogP contribution in [0, 0.1) is 17.0 Å². The van der Waals surface area contributed by atoms with Gasteiger partial charge in [0.15, 0.2) is 12.4 Å². The molecule has 2 aromatic carbocycles. The van der Waals surface area contributed by atoms with E-state index in [-0.39, 0.29) is 36.2 Å². The topological polar surface area (TPSA) is 114 Å². The average molecular weight is 343 g/mol. The standard InChI is InChI=1S/C17H17N3O5/c1-10-3-2-4-11(5-10)15(21)8-18-12-6-13-16(7-14(12)20(23)24)25-9-17(22)19-13/h2-7,15,18,21H,8-9H2,1H3,(H,19,22). The number of benzene rings is 2. The smallest absolute Gasteiger partial charge is 0.296 e. The molecule has 3 rings (SSSR count). The van der Waals surface area contributed by atoms with Crippen LogP contribution in [0.3, 0.4) is 0 Å². The first-order valence-corrected chi connectivity index (χ1v) is 7.67. The van der Waals surface area contributed by atoms with Crippen LogP contribution < -0.4 is 15.4 Å². The first-order chi connectivity index (χ1) is 11.9. The SMILES string of the molecule is Cc1cccc(C(O)CNc2cc3c(cc2[N+](=O)[O-])OCC(=O)N3)c1. The van der Waals surface area contributed by atoms with Gasteiger partial charge >= 0.3 is 0 Å². The van der Waals surface area contributed by atoms with Crippen molar-refractivity contribution in [3.63, 3.8) is 0 Å². The number of ether oxygens (including phenoxy) is 1. The van der Waals surface area contributed by atoms with Crippen molar-refractivity contribution in [2.45, 2.75) is 13.0 Å². The fourth-order valence-electron chi connectivity index (χ4n) is 2.61. The van der Waals surface area contributed by atoms with Crippen LogP contribution in [0.15, 0.2) is 36.4 Å². The summed E-state index contributed by atoms with van der Waals surface area (Å²) in [5, 5.41) is 27.1. The minimum atomic E-state index is -0.832. The second-order valence-corrected chi connectivity index (χ2v) is 5.77. The van der Waals surface area contributed by atoms with Crippen LogP contribution in [-0.2, 0) is 4.79 Å². The van der Waals surface area contributed by atoms with Gasteiger partial charge in [-0.3, -0.25) is 14.9 Å². The molecular formula is C17H17N3O5. The summed E-state index contributed by atoms with van der Waals surface area (Å²) >= 11 is 0. The van der Waals surface area contributed by atoms with E-state index >= 15 is 0 Å². The number of carbonyl (C=O) groups is 1. The molecule has 1 amide bonds. The molecule has 0 spiro atoms. The molecule has 3 N–H and O–H groups in total. The Morgan fingerprint density at radius 3 is 2.92 bits per heavy atom. The number of carbonyl (C=O) groups excluding carboxylic acids is 1. The van der Waals surface area contributed by atoms with Crippen molar-refractivity contribution in [3.8, 4) is 5.75 Å². The van der Waals surface area contributed by atoms with Gasteiger partial charge in [0.05, 0.1) is 22.8 Å². The number of aryl methyl sites for hydroxylation is 1. The molecule has 8 heteroatoms. The predicted octanol–water partition coefficient (Wildman–Crippen LogP) is 2.38. The first kappa shape index (κ1) is 16.7. The van der Waals surface area contributed by atoms with E-state index in [2.05, 4.69) is 10.6 Å². The normalized spacial score (nSPS) is 14.1. The summed E-state index contributed by atoms with van der Waals surface area (Å²) in [6.45, 7) is 1.82. The Kier molecular flexibility index (Phi) is 4.53. The number of fused-ring (bicyclic) bond motifs is 1. The van der Waals surface area contributed by atoms with E-state index in [1.165, 1.54) is 12.1 Å². The van der Waals surface area contributed by atoms with Crippen molar-refractivity contribution in [2.75, 3.05) is 23.8 Å². The monoisotopic (exact) mass is 343 g/mol. The van der Waals surface area contributed by atoms with Gasteiger partial charge in [-0.1, -0.05) is 29.8 Å². The molecule has 1 aliphatic heterocycles. The molecular weight excluding hydrogens is 326 g/mol. The lowest BCUT2D eigenvalue weighted by molar-refractivity contribution is -0.384. The molecule has 0 bridgehead atoms. The lowest BCUT2D eigenvalue weighted by Crippen LogP contribution is -2.25. The Morgan fingerprint density at radius 2 is 2.20 bits per heavy atom. The predicted molar refractivity (Wildman–Crippen MR) is 91.8 cm³/mol. The van der Waals surface area contributed by atoms with E-state index in [1.54, 1.807) is 6.07 Å². The molecule has 0 aliphatic carbocycles. The molecule has 8 nitrogen and oxygen atoms in total. The van der Waals surface area contributed by atoms with Gasteiger partial charge in [0, 0.05) is 6.54 Å². The quantitative estimate of drug-likeness (QED) is 0.567. The maximum atomic E-state index is 11.4. The second kappa shape index (κ2) is 6.78. The van der Waals surface area contributed by atoms with Crippen LogP contribution in [-0.4, -0.2) is 29.1 Å².